The van der Waals surface area contributed by atoms with Crippen molar-refractivity contribution in [3.63, 3.8) is 0 Å². The van der Waals surface area contributed by atoms with E-state index in [-0.39, 0.29) is 5.60 Å². The van der Waals surface area contributed by atoms with Crippen LogP contribution in [0, 0.1) is 0 Å². The molecule has 3 rings (SSSR count). The van der Waals surface area contributed by atoms with E-state index < -0.39 is 5.54 Å². The minimum Gasteiger partial charge on any atom is -0.367 e. The molecule has 18 heavy (non-hydrogen) atoms. The van der Waals surface area contributed by atoms with Gasteiger partial charge < -0.3 is 15.0 Å². The minimum atomic E-state index is -0.418. The van der Waals surface area contributed by atoms with Crippen LogP contribution in [0.2, 0.25) is 0 Å². The molecule has 2 fully saturated rings. The molecule has 1 aliphatic heterocycles. The molecule has 5 heteroatoms. The van der Waals surface area contributed by atoms with Crippen LogP contribution in [0.5, 0.6) is 0 Å². The molecule has 0 amide bonds. The lowest BCUT2D eigenvalue weighted by Gasteiger charge is -2.29. The Kier molecular flexibility index (Phi) is 2.90. The third-order valence-electron chi connectivity index (χ3n) is 4.29. The van der Waals surface area contributed by atoms with Gasteiger partial charge in [0.05, 0.1) is 5.54 Å². The second-order valence-electron chi connectivity index (χ2n) is 5.82. The molecular weight excluding hydrogens is 230 g/mol. The summed E-state index contributed by atoms with van der Waals surface area (Å²) in [6, 6.07) is 0. The van der Waals surface area contributed by atoms with Gasteiger partial charge in [0.15, 0.2) is 0 Å². The van der Waals surface area contributed by atoms with Crippen molar-refractivity contribution in [1.82, 2.24) is 10.1 Å². The van der Waals surface area contributed by atoms with E-state index in [1.165, 1.54) is 6.42 Å². The standard InChI is InChI=1S/C13H21N3O2/c1-12(6-5-9-17-12)10-15-11(18-16-10)13(14)7-3-2-4-8-13/h2-9,14H2,1H3. The summed E-state index contributed by atoms with van der Waals surface area (Å²) in [4.78, 5) is 4.53. The van der Waals surface area contributed by atoms with Crippen molar-refractivity contribution in [3.05, 3.63) is 11.7 Å². The highest BCUT2D eigenvalue weighted by atomic mass is 16.5. The molecule has 1 atom stereocenters. The number of aromatic nitrogens is 2. The zero-order chi connectivity index (χ0) is 12.6. The lowest BCUT2D eigenvalue weighted by atomic mass is 9.82. The molecule has 2 heterocycles. The quantitative estimate of drug-likeness (QED) is 0.872. The summed E-state index contributed by atoms with van der Waals surface area (Å²) in [6.07, 6.45) is 7.40. The second-order valence-corrected chi connectivity index (χ2v) is 5.82. The third kappa shape index (κ3) is 1.95. The maximum atomic E-state index is 6.40. The molecule has 0 radical (unpaired) electrons. The predicted molar refractivity (Wildman–Crippen MR) is 65.8 cm³/mol. The van der Waals surface area contributed by atoms with Gasteiger partial charge in [-0.2, -0.15) is 4.98 Å². The van der Waals surface area contributed by atoms with E-state index in [0.717, 1.165) is 45.1 Å². The van der Waals surface area contributed by atoms with E-state index in [2.05, 4.69) is 10.1 Å². The zero-order valence-corrected chi connectivity index (χ0v) is 10.9. The Morgan fingerprint density at radius 1 is 1.11 bits per heavy atom. The smallest absolute Gasteiger partial charge is 0.246 e. The van der Waals surface area contributed by atoms with E-state index in [1.807, 2.05) is 6.92 Å². The summed E-state index contributed by atoms with van der Waals surface area (Å²) in [5.41, 5.74) is 5.60. The van der Waals surface area contributed by atoms with Gasteiger partial charge in [-0.05, 0) is 32.6 Å². The van der Waals surface area contributed by atoms with Gasteiger partial charge in [0.1, 0.15) is 5.60 Å². The average molecular weight is 251 g/mol. The number of hydrogen-bond donors (Lipinski definition) is 1. The van der Waals surface area contributed by atoms with E-state index in [4.69, 9.17) is 15.0 Å². The van der Waals surface area contributed by atoms with Crippen LogP contribution >= 0.6 is 0 Å². The first-order valence-corrected chi connectivity index (χ1v) is 6.90. The topological polar surface area (TPSA) is 74.2 Å². The molecule has 2 N–H and O–H groups in total. The van der Waals surface area contributed by atoms with Crippen molar-refractivity contribution in [1.29, 1.82) is 0 Å². The minimum absolute atomic E-state index is 0.382. The summed E-state index contributed by atoms with van der Waals surface area (Å²) < 4.78 is 11.2. The molecule has 0 aromatic carbocycles. The fourth-order valence-electron chi connectivity index (χ4n) is 2.99. The lowest BCUT2D eigenvalue weighted by molar-refractivity contribution is 0.00768. The molecule has 1 saturated heterocycles. The van der Waals surface area contributed by atoms with E-state index in [0.29, 0.717) is 11.7 Å². The van der Waals surface area contributed by atoms with Crippen LogP contribution < -0.4 is 5.73 Å². The molecule has 1 aromatic rings. The zero-order valence-electron chi connectivity index (χ0n) is 10.9. The Morgan fingerprint density at radius 2 is 1.89 bits per heavy atom. The molecule has 5 nitrogen and oxygen atoms in total. The van der Waals surface area contributed by atoms with Gasteiger partial charge in [-0.25, -0.2) is 0 Å². The van der Waals surface area contributed by atoms with Crippen LogP contribution in [-0.2, 0) is 15.9 Å². The maximum Gasteiger partial charge on any atom is 0.246 e. The van der Waals surface area contributed by atoms with Crippen molar-refractivity contribution in [2.75, 3.05) is 6.61 Å². The Labute approximate surface area is 107 Å². The van der Waals surface area contributed by atoms with Crippen LogP contribution in [0.4, 0.5) is 0 Å². The highest BCUT2D eigenvalue weighted by molar-refractivity contribution is 5.08. The van der Waals surface area contributed by atoms with Crippen molar-refractivity contribution in [2.24, 2.45) is 5.73 Å². The fourth-order valence-corrected chi connectivity index (χ4v) is 2.99. The molecule has 1 aliphatic carbocycles. The first-order chi connectivity index (χ1) is 8.62. The van der Waals surface area contributed by atoms with Gasteiger partial charge in [0.25, 0.3) is 0 Å². The number of nitrogens with two attached hydrogens (primary N) is 1. The van der Waals surface area contributed by atoms with Gasteiger partial charge in [0.2, 0.25) is 11.7 Å². The Balaban J connectivity index is 1.84. The maximum absolute atomic E-state index is 6.40. The van der Waals surface area contributed by atoms with E-state index >= 15 is 0 Å². The number of rotatable bonds is 2. The average Bonchev–Trinajstić information content (AvgIpc) is 2.99. The first kappa shape index (κ1) is 12.1. The van der Waals surface area contributed by atoms with Gasteiger partial charge >= 0.3 is 0 Å². The van der Waals surface area contributed by atoms with Crippen molar-refractivity contribution in [2.45, 2.75) is 63.0 Å². The normalized spacial score (nSPS) is 31.7. The largest absolute Gasteiger partial charge is 0.367 e. The summed E-state index contributed by atoms with van der Waals surface area (Å²) in [5.74, 6) is 1.25. The number of hydrogen-bond acceptors (Lipinski definition) is 5. The molecule has 2 aliphatic rings. The number of ether oxygens (including phenoxy) is 1. The second kappa shape index (κ2) is 4.31. The highest BCUT2D eigenvalue weighted by Crippen LogP contribution is 2.37. The number of nitrogens with zero attached hydrogens (tertiary/aromatic N) is 2. The summed E-state index contributed by atoms with van der Waals surface area (Å²) in [7, 11) is 0. The molecule has 0 bridgehead atoms. The molecule has 1 aromatic heterocycles. The van der Waals surface area contributed by atoms with E-state index in [1.54, 1.807) is 0 Å². The van der Waals surface area contributed by atoms with Crippen LogP contribution in [0.15, 0.2) is 4.52 Å². The Bertz CT molecular complexity index is 418. The van der Waals surface area contributed by atoms with Crippen molar-refractivity contribution < 1.29 is 9.26 Å². The lowest BCUT2D eigenvalue weighted by Crippen LogP contribution is -2.39. The molecule has 1 unspecified atom stereocenters. The molecular formula is C13H21N3O2. The Hall–Kier alpha value is -0.940. The highest BCUT2D eigenvalue weighted by Gasteiger charge is 2.40. The third-order valence-corrected chi connectivity index (χ3v) is 4.29. The Morgan fingerprint density at radius 3 is 2.56 bits per heavy atom. The van der Waals surface area contributed by atoms with Gasteiger partial charge in [-0.15, -0.1) is 0 Å². The van der Waals surface area contributed by atoms with E-state index in [9.17, 15) is 0 Å². The fraction of sp³-hybridized carbons (Fsp3) is 0.846. The summed E-state index contributed by atoms with van der Waals surface area (Å²) in [5, 5.41) is 4.10. The summed E-state index contributed by atoms with van der Waals surface area (Å²) >= 11 is 0. The van der Waals surface area contributed by atoms with Gasteiger partial charge in [-0.1, -0.05) is 24.4 Å². The molecule has 0 spiro atoms. The first-order valence-electron chi connectivity index (χ1n) is 6.90. The molecule has 1 saturated carbocycles. The van der Waals surface area contributed by atoms with Crippen LogP contribution in [0.3, 0.4) is 0 Å². The van der Waals surface area contributed by atoms with Crippen molar-refractivity contribution >= 4 is 0 Å². The van der Waals surface area contributed by atoms with Crippen molar-refractivity contribution in [3.8, 4) is 0 Å². The summed E-state index contributed by atoms with van der Waals surface area (Å²) in [6.45, 7) is 2.80. The van der Waals surface area contributed by atoms with Gasteiger partial charge in [-0.3, -0.25) is 0 Å². The molecule has 100 valence electrons. The van der Waals surface area contributed by atoms with Crippen LogP contribution in [0.25, 0.3) is 0 Å². The predicted octanol–water partition coefficient (Wildman–Crippen LogP) is 2.21. The monoisotopic (exact) mass is 251 g/mol. The van der Waals surface area contributed by atoms with Gasteiger partial charge in [0, 0.05) is 6.61 Å². The van der Waals surface area contributed by atoms with Crippen LogP contribution in [0.1, 0.15) is 63.6 Å². The SMILES string of the molecule is CC1(c2noc(C3(N)CCCCC3)n2)CCCO1. The van der Waals surface area contributed by atoms with Crippen LogP contribution in [-0.4, -0.2) is 16.7 Å².